The van der Waals surface area contributed by atoms with Crippen LogP contribution in [0.4, 0.5) is 4.79 Å². The third-order valence-electron chi connectivity index (χ3n) is 5.59. The third-order valence-corrected chi connectivity index (χ3v) is 18.3. The number of benzene rings is 2. The summed E-state index contributed by atoms with van der Waals surface area (Å²) < 4.78 is 8.76. The van der Waals surface area contributed by atoms with Crippen molar-refractivity contribution in [2.24, 2.45) is 0 Å². The van der Waals surface area contributed by atoms with Crippen LogP contribution in [0.15, 0.2) is 45.8 Å². The summed E-state index contributed by atoms with van der Waals surface area (Å²) in [5, 5.41) is 2.01. The van der Waals surface area contributed by atoms with Gasteiger partial charge in [-0.1, -0.05) is 0 Å². The molecule has 0 aromatic heterocycles. The summed E-state index contributed by atoms with van der Waals surface area (Å²) in [6.45, 7) is 0. The molecule has 2 amide bonds. The van der Waals surface area contributed by atoms with Crippen LogP contribution in [-0.4, -0.2) is 44.9 Å². The molecule has 3 aliphatic rings. The second kappa shape index (κ2) is 6.20. The van der Waals surface area contributed by atoms with E-state index >= 15 is 0 Å². The van der Waals surface area contributed by atoms with Crippen LogP contribution in [0.1, 0.15) is 20.4 Å². The molecule has 0 radical (unpaired) electrons. The van der Waals surface area contributed by atoms with Crippen molar-refractivity contribution in [1.29, 1.82) is 0 Å². The van der Waals surface area contributed by atoms with Gasteiger partial charge in [0.15, 0.2) is 0 Å². The first kappa shape index (κ1) is 16.5. The third kappa shape index (κ3) is 2.38. The average Bonchev–Trinajstić information content (AvgIpc) is 3.21. The van der Waals surface area contributed by atoms with Crippen molar-refractivity contribution in [2.45, 2.75) is 15.3 Å². The summed E-state index contributed by atoms with van der Waals surface area (Å²) >= 11 is -1.25. The van der Waals surface area contributed by atoms with E-state index in [2.05, 4.69) is 35.7 Å². The Morgan fingerprint density at radius 2 is 2.00 bits per heavy atom. The van der Waals surface area contributed by atoms with E-state index in [-0.39, 0.29) is 20.1 Å². The van der Waals surface area contributed by atoms with E-state index < -0.39 is 21.4 Å². The van der Waals surface area contributed by atoms with Crippen LogP contribution in [0.5, 0.6) is 5.75 Å². The molecule has 0 saturated carbocycles. The number of para-hydroxylation sites is 1. The number of amides is 2. The SMILES string of the molecule is COc1ccccc1C[C]1=Cc2c3ccc[c]2[In]1[CH]3C1SC(=O)NC1=O. The van der Waals surface area contributed by atoms with Gasteiger partial charge in [0, 0.05) is 0 Å². The maximum atomic E-state index is 12.4. The van der Waals surface area contributed by atoms with Gasteiger partial charge < -0.3 is 0 Å². The zero-order valence-corrected chi connectivity index (χ0v) is 18.3. The van der Waals surface area contributed by atoms with Crippen LogP contribution in [0.3, 0.4) is 0 Å². The fraction of sp³-hybridized carbons (Fsp3) is 0.200. The average molecular weight is 465 g/mol. The maximum absolute atomic E-state index is 12.4. The Bertz CT molecular complexity index is 987. The second-order valence-electron chi connectivity index (χ2n) is 6.88. The summed E-state index contributed by atoms with van der Waals surface area (Å²) in [5.41, 5.74) is 3.81. The summed E-state index contributed by atoms with van der Waals surface area (Å²) in [6.07, 6.45) is 3.23. The molecule has 2 unspecified atom stereocenters. The minimum atomic E-state index is -2.43. The zero-order valence-electron chi connectivity index (χ0n) is 14.2. The molecule has 26 heavy (non-hydrogen) atoms. The minimum absolute atomic E-state index is 0.112. The quantitative estimate of drug-likeness (QED) is 0.755. The predicted molar refractivity (Wildman–Crippen MR) is 104 cm³/mol. The van der Waals surface area contributed by atoms with E-state index in [1.807, 2.05) is 18.2 Å². The number of hydrogen-bond donors (Lipinski definition) is 1. The zero-order chi connectivity index (χ0) is 17.8. The van der Waals surface area contributed by atoms with Crippen molar-refractivity contribution in [2.75, 3.05) is 7.11 Å². The molecule has 4 bridgehead atoms. The molecule has 2 aromatic rings. The van der Waals surface area contributed by atoms with E-state index in [4.69, 9.17) is 4.74 Å². The van der Waals surface area contributed by atoms with Crippen LogP contribution < -0.4 is 13.4 Å². The fourth-order valence-corrected chi connectivity index (χ4v) is 18.9. The molecule has 1 saturated heterocycles. The van der Waals surface area contributed by atoms with Gasteiger partial charge in [-0.05, 0) is 0 Å². The number of carbonyl (C=O) groups is 2. The monoisotopic (exact) mass is 465 g/mol. The Kier molecular flexibility index (Phi) is 3.94. The Hall–Kier alpha value is -1.66. The number of methoxy groups -OCH3 is 1. The summed E-state index contributed by atoms with van der Waals surface area (Å²) in [7, 11) is 1.70. The van der Waals surface area contributed by atoms with E-state index in [0.717, 1.165) is 12.2 Å². The van der Waals surface area contributed by atoms with Crippen LogP contribution in [-0.2, 0) is 11.2 Å². The number of imide groups is 1. The molecule has 3 heterocycles. The van der Waals surface area contributed by atoms with Gasteiger partial charge in [0.05, 0.1) is 0 Å². The number of carbonyl (C=O) groups excluding carboxylic acids is 2. The molecule has 3 aliphatic heterocycles. The van der Waals surface area contributed by atoms with Crippen LogP contribution >= 0.6 is 11.8 Å². The van der Waals surface area contributed by atoms with Crippen molar-refractivity contribution in [3.63, 3.8) is 0 Å². The van der Waals surface area contributed by atoms with Gasteiger partial charge in [0.25, 0.3) is 0 Å². The van der Waals surface area contributed by atoms with Crippen molar-refractivity contribution in [3.8, 4) is 5.75 Å². The molecule has 1 fully saturated rings. The molecule has 4 nitrogen and oxygen atoms in total. The summed E-state index contributed by atoms with van der Waals surface area (Å²) in [4.78, 5) is 24.1. The molecule has 0 aliphatic carbocycles. The Labute approximate surface area is 163 Å². The van der Waals surface area contributed by atoms with E-state index in [1.165, 1.54) is 35.1 Å². The molecular formula is C20H16InNO3S. The molecule has 128 valence electrons. The van der Waals surface area contributed by atoms with E-state index in [0.29, 0.717) is 0 Å². The van der Waals surface area contributed by atoms with Gasteiger partial charge in [0.2, 0.25) is 0 Å². The standard InChI is InChI=1S/C20H16NO3S.In/c1-24-17-12-5-4-8-15(17)11-6-10-14-7-2-3-9-16(14)13-18-19(22)21-20(23)25-18;/h2-5,8-10,12-13,18H,11H2,1H3,(H,21,22,23);. The van der Waals surface area contributed by atoms with Crippen molar-refractivity contribution < 1.29 is 14.3 Å². The molecule has 2 atom stereocenters. The molecule has 6 heteroatoms. The number of thioether (sulfide) groups is 1. The Morgan fingerprint density at radius 1 is 1.15 bits per heavy atom. The summed E-state index contributed by atoms with van der Waals surface area (Å²) in [5.74, 6) is 0.800. The molecule has 1 N–H and O–H groups in total. The Morgan fingerprint density at radius 3 is 2.73 bits per heavy atom. The van der Waals surface area contributed by atoms with Crippen molar-refractivity contribution in [3.05, 3.63) is 62.5 Å². The predicted octanol–water partition coefficient (Wildman–Crippen LogP) is 2.56. The first-order chi connectivity index (χ1) is 12.7. The molecule has 0 spiro atoms. The summed E-state index contributed by atoms with van der Waals surface area (Å²) in [6, 6.07) is 14.6. The second-order valence-corrected chi connectivity index (χ2v) is 16.7. The van der Waals surface area contributed by atoms with Crippen molar-refractivity contribution >= 4 is 53.7 Å². The van der Waals surface area contributed by atoms with Crippen LogP contribution in [0.25, 0.3) is 6.08 Å². The van der Waals surface area contributed by atoms with Gasteiger partial charge in [-0.2, -0.15) is 0 Å². The van der Waals surface area contributed by atoms with Crippen LogP contribution in [0, 0.1) is 0 Å². The van der Waals surface area contributed by atoms with Gasteiger partial charge in [0.1, 0.15) is 0 Å². The number of rotatable bonds is 4. The Balaban J connectivity index is 1.53. The van der Waals surface area contributed by atoms with E-state index in [9.17, 15) is 9.59 Å². The van der Waals surface area contributed by atoms with Crippen LogP contribution in [0.2, 0.25) is 0 Å². The first-order valence-corrected chi connectivity index (χ1v) is 14.7. The van der Waals surface area contributed by atoms with Gasteiger partial charge in [-0.3, -0.25) is 0 Å². The topological polar surface area (TPSA) is 55.4 Å². The normalized spacial score (nSPS) is 22.7. The number of hydrogen-bond acceptors (Lipinski definition) is 4. The number of ether oxygens (including phenoxy) is 1. The van der Waals surface area contributed by atoms with Gasteiger partial charge in [-0.15, -0.1) is 0 Å². The van der Waals surface area contributed by atoms with Crippen molar-refractivity contribution in [1.82, 2.24) is 5.32 Å². The number of allylic oxidation sites excluding steroid dienone is 1. The van der Waals surface area contributed by atoms with Gasteiger partial charge >= 0.3 is 164 Å². The number of nitrogens with one attached hydrogen (secondary N) is 1. The molecular weight excluding hydrogens is 449 g/mol. The van der Waals surface area contributed by atoms with Gasteiger partial charge in [-0.25, -0.2) is 0 Å². The fourth-order valence-electron chi connectivity index (χ4n) is 4.58. The molecule has 5 rings (SSSR count). The van der Waals surface area contributed by atoms with E-state index in [1.54, 1.807) is 7.11 Å². The first-order valence-electron chi connectivity index (χ1n) is 8.64. The molecule has 2 aromatic carbocycles.